The minimum absolute atomic E-state index is 0.0178. The number of benzene rings is 2. The van der Waals surface area contributed by atoms with Crippen molar-refractivity contribution in [2.45, 2.75) is 29.7 Å². The number of carbonyl (C=O) groups is 1. The number of rotatable bonds is 8. The van der Waals surface area contributed by atoms with Gasteiger partial charge in [0.1, 0.15) is 5.75 Å². The molecule has 0 aliphatic carbocycles. The Kier molecular flexibility index (Phi) is 7.01. The van der Waals surface area contributed by atoms with Gasteiger partial charge < -0.3 is 10.1 Å². The molecule has 0 spiro atoms. The number of ether oxygens (including phenoxy) is 1. The highest BCUT2D eigenvalue weighted by atomic mass is 32.2. The van der Waals surface area contributed by atoms with E-state index in [1.807, 2.05) is 0 Å². The molecule has 0 saturated carbocycles. The average molecular weight is 442 g/mol. The Morgan fingerprint density at radius 3 is 2.17 bits per heavy atom. The van der Waals surface area contributed by atoms with Gasteiger partial charge in [-0.2, -0.15) is 4.72 Å². The molecule has 9 nitrogen and oxygen atoms in total. The fraction of sp³-hybridized carbons (Fsp3) is 0.278. The molecular formula is C18H23N3O6S2. The normalized spacial score (nSPS) is 13.0. The summed E-state index contributed by atoms with van der Waals surface area (Å²) in [6, 6.07) is 9.00. The molecule has 0 unspecified atom stereocenters. The van der Waals surface area contributed by atoms with Crippen LogP contribution in [0.2, 0.25) is 0 Å². The van der Waals surface area contributed by atoms with Crippen LogP contribution in [0.15, 0.2) is 52.3 Å². The molecule has 2 aromatic rings. The number of nitrogens with one attached hydrogen (secondary N) is 3. The number of aryl methyl sites for hydroxylation is 1. The van der Waals surface area contributed by atoms with Gasteiger partial charge in [-0.1, -0.05) is 6.07 Å². The molecule has 0 aliphatic heterocycles. The zero-order valence-electron chi connectivity index (χ0n) is 16.4. The molecule has 29 heavy (non-hydrogen) atoms. The Morgan fingerprint density at radius 2 is 1.62 bits per heavy atom. The first-order valence-corrected chi connectivity index (χ1v) is 11.5. The van der Waals surface area contributed by atoms with Crippen LogP contribution in [0.5, 0.6) is 5.75 Å². The van der Waals surface area contributed by atoms with Crippen molar-refractivity contribution in [3.63, 3.8) is 0 Å². The van der Waals surface area contributed by atoms with E-state index in [9.17, 15) is 21.6 Å². The summed E-state index contributed by atoms with van der Waals surface area (Å²) in [5.74, 6) is -0.139. The molecular weight excluding hydrogens is 418 g/mol. The van der Waals surface area contributed by atoms with Crippen molar-refractivity contribution in [3.8, 4) is 5.75 Å². The van der Waals surface area contributed by atoms with E-state index >= 15 is 0 Å². The van der Waals surface area contributed by atoms with Crippen LogP contribution < -0.4 is 19.5 Å². The summed E-state index contributed by atoms with van der Waals surface area (Å²) in [7, 11) is -4.88. The van der Waals surface area contributed by atoms with Crippen molar-refractivity contribution >= 4 is 31.6 Å². The van der Waals surface area contributed by atoms with Crippen LogP contribution >= 0.6 is 0 Å². The summed E-state index contributed by atoms with van der Waals surface area (Å²) in [5.41, 5.74) is 0.732. The average Bonchev–Trinajstić information content (AvgIpc) is 2.68. The van der Waals surface area contributed by atoms with Gasteiger partial charge in [0, 0.05) is 5.69 Å². The number of carbonyl (C=O) groups excluding carboxylic acids is 1. The molecule has 0 radical (unpaired) electrons. The largest absolute Gasteiger partial charge is 0.497 e. The van der Waals surface area contributed by atoms with Crippen molar-refractivity contribution in [2.24, 2.45) is 0 Å². The smallest absolute Gasteiger partial charge is 0.242 e. The maximum Gasteiger partial charge on any atom is 0.242 e. The number of amides is 1. The Hall–Kier alpha value is -2.47. The minimum Gasteiger partial charge on any atom is -0.497 e. The number of sulfonamides is 2. The molecule has 1 atom stereocenters. The fourth-order valence-electron chi connectivity index (χ4n) is 2.44. The van der Waals surface area contributed by atoms with Gasteiger partial charge in [-0.05, 0) is 62.9 Å². The van der Waals surface area contributed by atoms with Gasteiger partial charge in [0.05, 0.1) is 22.9 Å². The first-order chi connectivity index (χ1) is 13.5. The number of hydrogen-bond donors (Lipinski definition) is 3. The highest BCUT2D eigenvalue weighted by molar-refractivity contribution is 7.89. The predicted molar refractivity (Wildman–Crippen MR) is 109 cm³/mol. The van der Waals surface area contributed by atoms with Crippen molar-refractivity contribution in [1.82, 2.24) is 9.44 Å². The number of methoxy groups -OCH3 is 1. The molecule has 2 rings (SSSR count). The second-order valence-electron chi connectivity index (χ2n) is 6.20. The summed E-state index contributed by atoms with van der Waals surface area (Å²) < 4.78 is 58.5. The van der Waals surface area contributed by atoms with E-state index < -0.39 is 32.0 Å². The Morgan fingerprint density at radius 1 is 1.00 bits per heavy atom. The maximum atomic E-state index is 12.4. The second kappa shape index (κ2) is 8.91. The Balaban J connectivity index is 2.15. The van der Waals surface area contributed by atoms with E-state index in [2.05, 4.69) is 14.8 Å². The van der Waals surface area contributed by atoms with Crippen LogP contribution in [0.4, 0.5) is 5.69 Å². The van der Waals surface area contributed by atoms with Crippen LogP contribution in [0.3, 0.4) is 0 Å². The lowest BCUT2D eigenvalue weighted by Crippen LogP contribution is -2.41. The summed E-state index contributed by atoms with van der Waals surface area (Å²) >= 11 is 0. The summed E-state index contributed by atoms with van der Waals surface area (Å²) in [4.78, 5) is 12.4. The monoisotopic (exact) mass is 441 g/mol. The van der Waals surface area contributed by atoms with E-state index in [4.69, 9.17) is 4.74 Å². The third kappa shape index (κ3) is 5.54. The molecule has 158 valence electrons. The van der Waals surface area contributed by atoms with Crippen LogP contribution in [0, 0.1) is 6.92 Å². The van der Waals surface area contributed by atoms with E-state index in [-0.39, 0.29) is 15.5 Å². The molecule has 11 heteroatoms. The lowest BCUT2D eigenvalue weighted by atomic mass is 10.2. The zero-order chi connectivity index (χ0) is 21.8. The van der Waals surface area contributed by atoms with Crippen molar-refractivity contribution in [1.29, 1.82) is 0 Å². The lowest BCUT2D eigenvalue weighted by molar-refractivity contribution is -0.117. The SMILES string of the molecule is CNS(=O)(=O)c1cc(NC(=O)[C@H](C)NS(=O)(=O)c2ccc(OC)cc2)ccc1C. The topological polar surface area (TPSA) is 131 Å². The van der Waals surface area contributed by atoms with Gasteiger partial charge in [0.2, 0.25) is 26.0 Å². The van der Waals surface area contributed by atoms with Gasteiger partial charge >= 0.3 is 0 Å². The van der Waals surface area contributed by atoms with Crippen molar-refractivity contribution in [2.75, 3.05) is 19.5 Å². The van der Waals surface area contributed by atoms with Gasteiger partial charge in [-0.3, -0.25) is 4.79 Å². The van der Waals surface area contributed by atoms with Crippen molar-refractivity contribution in [3.05, 3.63) is 48.0 Å². The molecule has 1 amide bonds. The second-order valence-corrected chi connectivity index (χ2v) is 9.76. The molecule has 0 aliphatic rings. The standard InChI is InChI=1S/C18H23N3O6S2/c1-12-5-6-14(11-17(12)29(25,26)19-3)20-18(22)13(2)21-28(23,24)16-9-7-15(27-4)8-10-16/h5-11,13,19,21H,1-4H3,(H,20,22)/t13-/m0/s1. The molecule has 0 saturated heterocycles. The van der Waals surface area contributed by atoms with Crippen LogP contribution in [-0.2, 0) is 24.8 Å². The first kappa shape index (κ1) is 22.8. The van der Waals surface area contributed by atoms with Gasteiger partial charge in [0.25, 0.3) is 0 Å². The lowest BCUT2D eigenvalue weighted by Gasteiger charge is -2.16. The van der Waals surface area contributed by atoms with E-state index in [0.29, 0.717) is 11.3 Å². The van der Waals surface area contributed by atoms with E-state index in [0.717, 1.165) is 0 Å². The molecule has 0 aromatic heterocycles. The molecule has 0 bridgehead atoms. The third-order valence-electron chi connectivity index (χ3n) is 4.11. The number of hydrogen-bond acceptors (Lipinski definition) is 6. The highest BCUT2D eigenvalue weighted by Crippen LogP contribution is 2.20. The Bertz CT molecular complexity index is 1100. The van der Waals surface area contributed by atoms with Crippen LogP contribution in [-0.4, -0.2) is 42.9 Å². The zero-order valence-corrected chi connectivity index (χ0v) is 18.0. The van der Waals surface area contributed by atoms with Gasteiger partial charge in [0.15, 0.2) is 0 Å². The number of anilines is 1. The molecule has 0 fully saturated rings. The first-order valence-electron chi connectivity index (χ1n) is 8.51. The quantitative estimate of drug-likeness (QED) is 0.565. The molecule has 0 heterocycles. The van der Waals surface area contributed by atoms with E-state index in [1.165, 1.54) is 57.5 Å². The van der Waals surface area contributed by atoms with Gasteiger partial charge in [-0.25, -0.2) is 21.6 Å². The fourth-order valence-corrected chi connectivity index (χ4v) is 4.63. The summed E-state index contributed by atoms with van der Waals surface area (Å²) in [6.45, 7) is 3.01. The summed E-state index contributed by atoms with van der Waals surface area (Å²) in [6.07, 6.45) is 0. The summed E-state index contributed by atoms with van der Waals surface area (Å²) in [5, 5.41) is 2.52. The van der Waals surface area contributed by atoms with Crippen LogP contribution in [0.25, 0.3) is 0 Å². The highest BCUT2D eigenvalue weighted by Gasteiger charge is 2.23. The molecule has 2 aromatic carbocycles. The van der Waals surface area contributed by atoms with E-state index in [1.54, 1.807) is 13.0 Å². The molecule has 3 N–H and O–H groups in total. The van der Waals surface area contributed by atoms with Gasteiger partial charge in [-0.15, -0.1) is 0 Å². The predicted octanol–water partition coefficient (Wildman–Crippen LogP) is 1.22. The maximum absolute atomic E-state index is 12.4. The third-order valence-corrected chi connectivity index (χ3v) is 7.22. The Labute approximate surface area is 170 Å². The van der Waals surface area contributed by atoms with Crippen molar-refractivity contribution < 1.29 is 26.4 Å². The minimum atomic E-state index is -3.94. The van der Waals surface area contributed by atoms with Crippen LogP contribution in [0.1, 0.15) is 12.5 Å².